The van der Waals surface area contributed by atoms with Crippen LogP contribution in [0.2, 0.25) is 0 Å². The van der Waals surface area contributed by atoms with Gasteiger partial charge in [0.1, 0.15) is 0 Å². The lowest BCUT2D eigenvalue weighted by atomic mass is 10.0. The van der Waals surface area contributed by atoms with Crippen LogP contribution in [0.25, 0.3) is 0 Å². The van der Waals surface area contributed by atoms with Crippen molar-refractivity contribution in [2.75, 3.05) is 26.2 Å². The Kier molecular flexibility index (Phi) is 5.44. The zero-order chi connectivity index (χ0) is 20.4. The van der Waals surface area contributed by atoms with Crippen molar-refractivity contribution in [2.45, 2.75) is 32.9 Å². The number of nitrogens with zero attached hydrogens (tertiary/aromatic N) is 5. The summed E-state index contributed by atoms with van der Waals surface area (Å²) in [6.45, 7) is 9.22. The molecule has 0 bridgehead atoms. The molecule has 2 aromatic heterocycles. The van der Waals surface area contributed by atoms with Gasteiger partial charge < -0.3 is 14.2 Å². The predicted molar refractivity (Wildman–Crippen MR) is 107 cm³/mol. The topological polar surface area (TPSA) is 81.5 Å². The first-order chi connectivity index (χ1) is 14.0. The number of benzene rings is 1. The Morgan fingerprint density at radius 2 is 1.86 bits per heavy atom. The van der Waals surface area contributed by atoms with Gasteiger partial charge in [-0.25, -0.2) is 4.68 Å². The van der Waals surface area contributed by atoms with Crippen LogP contribution in [0, 0.1) is 6.92 Å². The summed E-state index contributed by atoms with van der Waals surface area (Å²) in [6, 6.07) is 12.2. The van der Waals surface area contributed by atoms with Gasteiger partial charge in [0.25, 0.3) is 5.91 Å². The first-order valence-corrected chi connectivity index (χ1v) is 10.1. The van der Waals surface area contributed by atoms with Gasteiger partial charge in [-0.15, -0.1) is 5.10 Å². The van der Waals surface area contributed by atoms with Crippen molar-refractivity contribution in [3.05, 3.63) is 65.4 Å². The molecule has 1 amide bonds. The molecule has 0 unspecified atom stereocenters. The summed E-state index contributed by atoms with van der Waals surface area (Å²) in [6.07, 6.45) is 1.54. The molecule has 1 saturated heterocycles. The van der Waals surface area contributed by atoms with E-state index in [1.54, 1.807) is 12.1 Å². The summed E-state index contributed by atoms with van der Waals surface area (Å²) in [4.78, 5) is 15.8. The molecule has 1 aliphatic rings. The summed E-state index contributed by atoms with van der Waals surface area (Å²) in [7, 11) is 0. The van der Waals surface area contributed by atoms with Gasteiger partial charge in [0.05, 0.1) is 38.5 Å². The lowest BCUT2D eigenvalue weighted by Gasteiger charge is -2.36. The van der Waals surface area contributed by atoms with Crippen molar-refractivity contribution in [2.24, 2.45) is 0 Å². The number of hydrogen-bond acceptors (Lipinski definition) is 5. The van der Waals surface area contributed by atoms with Crippen LogP contribution in [0.1, 0.15) is 53.4 Å². The quantitative estimate of drug-likeness (QED) is 0.704. The minimum Gasteiger partial charge on any atom is -0.459 e. The number of carbonyl (C=O) groups is 1. The van der Waals surface area contributed by atoms with E-state index in [0.29, 0.717) is 18.8 Å². The fourth-order valence-electron chi connectivity index (χ4n) is 3.93. The molecular weight excluding hydrogens is 368 g/mol. The number of quaternary nitrogens is 1. The maximum Gasteiger partial charge on any atom is 0.289 e. The van der Waals surface area contributed by atoms with Gasteiger partial charge in [-0.05, 0) is 43.3 Å². The zero-order valence-corrected chi connectivity index (χ0v) is 17.1. The summed E-state index contributed by atoms with van der Waals surface area (Å²) < 4.78 is 7.18. The van der Waals surface area contributed by atoms with Gasteiger partial charge in [0, 0.05) is 5.56 Å². The number of piperazine rings is 1. The monoisotopic (exact) mass is 395 g/mol. The highest BCUT2D eigenvalue weighted by Crippen LogP contribution is 2.20. The molecule has 3 aromatic rings. The second kappa shape index (κ2) is 8.16. The normalized spacial score (nSPS) is 16.3. The number of rotatable bonds is 5. The molecule has 0 saturated carbocycles. The van der Waals surface area contributed by atoms with E-state index in [1.165, 1.54) is 22.3 Å². The molecule has 0 radical (unpaired) electrons. The van der Waals surface area contributed by atoms with Gasteiger partial charge >= 0.3 is 0 Å². The number of nitrogens with one attached hydrogen (secondary N) is 1. The van der Waals surface area contributed by atoms with Crippen LogP contribution in [-0.4, -0.2) is 57.2 Å². The van der Waals surface area contributed by atoms with Crippen molar-refractivity contribution >= 4 is 5.91 Å². The first-order valence-electron chi connectivity index (χ1n) is 10.1. The van der Waals surface area contributed by atoms with Crippen LogP contribution in [0.3, 0.4) is 0 Å². The van der Waals surface area contributed by atoms with E-state index < -0.39 is 0 Å². The fourth-order valence-corrected chi connectivity index (χ4v) is 3.93. The van der Waals surface area contributed by atoms with E-state index in [1.807, 2.05) is 9.58 Å². The highest BCUT2D eigenvalue weighted by molar-refractivity contribution is 5.91. The van der Waals surface area contributed by atoms with E-state index >= 15 is 0 Å². The molecule has 0 spiro atoms. The zero-order valence-electron chi connectivity index (χ0n) is 17.1. The SMILES string of the molecule is Cc1ccc([C@@H](c2nnnn2C(C)C)[NH+]2CCN(C(=O)c3ccco3)CC2)cc1. The smallest absolute Gasteiger partial charge is 0.289 e. The van der Waals surface area contributed by atoms with E-state index in [4.69, 9.17) is 4.42 Å². The van der Waals surface area contributed by atoms with Crippen molar-refractivity contribution in [3.63, 3.8) is 0 Å². The van der Waals surface area contributed by atoms with Crippen LogP contribution in [0.5, 0.6) is 0 Å². The lowest BCUT2D eigenvalue weighted by molar-refractivity contribution is -0.930. The number of aryl methyl sites for hydroxylation is 1. The summed E-state index contributed by atoms with van der Waals surface area (Å²) in [5.74, 6) is 1.21. The van der Waals surface area contributed by atoms with Gasteiger partial charge in [-0.2, -0.15) is 0 Å². The molecule has 152 valence electrons. The summed E-state index contributed by atoms with van der Waals surface area (Å²) >= 11 is 0. The highest BCUT2D eigenvalue weighted by atomic mass is 16.3. The maximum atomic E-state index is 12.6. The summed E-state index contributed by atoms with van der Waals surface area (Å²) in [5, 5.41) is 12.6. The van der Waals surface area contributed by atoms with E-state index in [9.17, 15) is 4.79 Å². The minimum absolute atomic E-state index is 0.0221. The molecule has 3 heterocycles. The third-order valence-corrected chi connectivity index (χ3v) is 5.51. The molecule has 1 aromatic carbocycles. The average Bonchev–Trinajstić information content (AvgIpc) is 3.42. The summed E-state index contributed by atoms with van der Waals surface area (Å²) in [5.41, 5.74) is 2.41. The Hall–Kier alpha value is -3.00. The highest BCUT2D eigenvalue weighted by Gasteiger charge is 2.36. The van der Waals surface area contributed by atoms with Crippen LogP contribution in [-0.2, 0) is 0 Å². The first kappa shape index (κ1) is 19.3. The second-order valence-electron chi connectivity index (χ2n) is 7.85. The number of furan rings is 1. The molecule has 0 aliphatic carbocycles. The Labute approximate surface area is 170 Å². The van der Waals surface area contributed by atoms with Gasteiger partial charge in [0.2, 0.25) is 5.82 Å². The third-order valence-electron chi connectivity index (χ3n) is 5.51. The van der Waals surface area contributed by atoms with Crippen LogP contribution in [0.4, 0.5) is 0 Å². The van der Waals surface area contributed by atoms with Gasteiger partial charge in [-0.3, -0.25) is 4.79 Å². The Morgan fingerprint density at radius 3 is 2.48 bits per heavy atom. The third kappa shape index (κ3) is 3.93. The molecule has 1 aliphatic heterocycles. The van der Waals surface area contributed by atoms with Crippen LogP contribution >= 0.6 is 0 Å². The van der Waals surface area contributed by atoms with Gasteiger partial charge in [-0.1, -0.05) is 29.8 Å². The number of carbonyl (C=O) groups excluding carboxylic acids is 1. The van der Waals surface area contributed by atoms with Crippen molar-refractivity contribution < 1.29 is 14.1 Å². The number of hydrogen-bond donors (Lipinski definition) is 1. The van der Waals surface area contributed by atoms with Gasteiger partial charge in [0.15, 0.2) is 11.8 Å². The molecule has 1 fully saturated rings. The van der Waals surface area contributed by atoms with E-state index in [2.05, 4.69) is 60.6 Å². The Bertz CT molecular complexity index is 940. The Morgan fingerprint density at radius 1 is 1.14 bits per heavy atom. The number of tetrazole rings is 1. The molecule has 8 heteroatoms. The standard InChI is InChI=1S/C21H26N6O2/c1-15(2)27-20(22-23-24-27)19(17-8-6-16(3)7-9-17)25-10-12-26(13-11-25)21(28)18-5-4-14-29-18/h4-9,14-15,19H,10-13H2,1-3H3/p+1/t19-/m0/s1. The number of aromatic nitrogens is 4. The minimum atomic E-state index is -0.0482. The van der Waals surface area contributed by atoms with Crippen molar-refractivity contribution in [1.29, 1.82) is 0 Å². The molecule has 1 N–H and O–H groups in total. The van der Waals surface area contributed by atoms with E-state index in [-0.39, 0.29) is 18.0 Å². The van der Waals surface area contributed by atoms with Crippen molar-refractivity contribution in [3.8, 4) is 0 Å². The average molecular weight is 395 g/mol. The molecule has 1 atom stereocenters. The Balaban J connectivity index is 1.58. The largest absolute Gasteiger partial charge is 0.459 e. The lowest BCUT2D eigenvalue weighted by Crippen LogP contribution is -3.15. The number of amides is 1. The van der Waals surface area contributed by atoms with Crippen LogP contribution < -0.4 is 4.90 Å². The fraction of sp³-hybridized carbons (Fsp3) is 0.429. The molecule has 8 nitrogen and oxygen atoms in total. The second-order valence-corrected chi connectivity index (χ2v) is 7.85. The molecular formula is C21H27N6O2+. The molecule has 4 rings (SSSR count). The predicted octanol–water partition coefficient (Wildman–Crippen LogP) is 1.29. The van der Waals surface area contributed by atoms with Crippen LogP contribution in [0.15, 0.2) is 47.1 Å². The maximum absolute atomic E-state index is 12.6. The van der Waals surface area contributed by atoms with Crippen molar-refractivity contribution in [1.82, 2.24) is 25.1 Å². The van der Waals surface area contributed by atoms with E-state index in [0.717, 1.165) is 18.9 Å². The molecule has 29 heavy (non-hydrogen) atoms.